The van der Waals surface area contributed by atoms with E-state index in [4.69, 9.17) is 9.47 Å². The highest BCUT2D eigenvalue weighted by Gasteiger charge is 2.09. The molecule has 130 valence electrons. The Morgan fingerprint density at radius 3 is 2.52 bits per heavy atom. The Kier molecular flexibility index (Phi) is 5.69. The molecular formula is C20H23N3O2. The van der Waals surface area contributed by atoms with Crippen molar-refractivity contribution in [2.45, 2.75) is 13.0 Å². The second-order valence-electron chi connectivity index (χ2n) is 5.76. The van der Waals surface area contributed by atoms with Gasteiger partial charge in [0.1, 0.15) is 0 Å². The van der Waals surface area contributed by atoms with Crippen molar-refractivity contribution in [3.63, 3.8) is 0 Å². The van der Waals surface area contributed by atoms with Crippen molar-refractivity contribution in [1.29, 1.82) is 0 Å². The smallest absolute Gasteiger partial charge is 0.161 e. The molecule has 0 saturated carbocycles. The molecule has 0 atom stereocenters. The van der Waals surface area contributed by atoms with E-state index in [1.54, 1.807) is 14.2 Å². The topological polar surface area (TPSA) is 59.2 Å². The summed E-state index contributed by atoms with van der Waals surface area (Å²) in [6, 6.07) is 18.3. The van der Waals surface area contributed by atoms with Gasteiger partial charge in [0.25, 0.3) is 0 Å². The average molecular weight is 337 g/mol. The molecular weight excluding hydrogens is 314 g/mol. The van der Waals surface area contributed by atoms with Crippen LogP contribution in [0, 0.1) is 0 Å². The molecule has 0 saturated heterocycles. The van der Waals surface area contributed by atoms with Gasteiger partial charge in [0, 0.05) is 30.8 Å². The molecule has 5 nitrogen and oxygen atoms in total. The van der Waals surface area contributed by atoms with Gasteiger partial charge in [0.15, 0.2) is 11.5 Å². The van der Waals surface area contributed by atoms with E-state index in [0.29, 0.717) is 11.5 Å². The van der Waals surface area contributed by atoms with Crippen LogP contribution in [0.5, 0.6) is 11.5 Å². The number of hydrogen-bond acceptors (Lipinski definition) is 4. The zero-order valence-electron chi connectivity index (χ0n) is 14.6. The van der Waals surface area contributed by atoms with Crippen molar-refractivity contribution in [3.05, 3.63) is 65.9 Å². The van der Waals surface area contributed by atoms with Crippen LogP contribution in [0.4, 0.5) is 0 Å². The SMILES string of the molecule is COc1ccc(-c2cc(CCNCc3ccccc3)[nH]n2)cc1OC. The summed E-state index contributed by atoms with van der Waals surface area (Å²) in [4.78, 5) is 0. The molecule has 3 rings (SSSR count). The maximum Gasteiger partial charge on any atom is 0.161 e. The molecule has 0 bridgehead atoms. The van der Waals surface area contributed by atoms with Crippen LogP contribution >= 0.6 is 0 Å². The Hall–Kier alpha value is -2.79. The fourth-order valence-corrected chi connectivity index (χ4v) is 2.68. The second-order valence-corrected chi connectivity index (χ2v) is 5.76. The largest absolute Gasteiger partial charge is 0.493 e. The van der Waals surface area contributed by atoms with E-state index >= 15 is 0 Å². The monoisotopic (exact) mass is 337 g/mol. The van der Waals surface area contributed by atoms with E-state index in [2.05, 4.69) is 45.8 Å². The van der Waals surface area contributed by atoms with E-state index in [1.165, 1.54) is 5.56 Å². The number of benzene rings is 2. The van der Waals surface area contributed by atoms with Crippen LogP contribution in [-0.4, -0.2) is 31.0 Å². The van der Waals surface area contributed by atoms with Crippen LogP contribution in [0.3, 0.4) is 0 Å². The fraction of sp³-hybridized carbons (Fsp3) is 0.250. The maximum absolute atomic E-state index is 5.35. The molecule has 1 aromatic heterocycles. The van der Waals surface area contributed by atoms with Crippen LogP contribution in [0.25, 0.3) is 11.3 Å². The molecule has 1 heterocycles. The Balaban J connectivity index is 1.57. The van der Waals surface area contributed by atoms with Crippen molar-refractivity contribution in [1.82, 2.24) is 15.5 Å². The zero-order valence-corrected chi connectivity index (χ0v) is 14.6. The maximum atomic E-state index is 5.35. The fourth-order valence-electron chi connectivity index (χ4n) is 2.68. The number of rotatable bonds is 8. The van der Waals surface area contributed by atoms with Gasteiger partial charge in [-0.1, -0.05) is 30.3 Å². The molecule has 25 heavy (non-hydrogen) atoms. The summed E-state index contributed by atoms with van der Waals surface area (Å²) >= 11 is 0. The lowest BCUT2D eigenvalue weighted by molar-refractivity contribution is 0.355. The highest BCUT2D eigenvalue weighted by atomic mass is 16.5. The second kappa shape index (κ2) is 8.35. The third kappa shape index (κ3) is 4.39. The molecule has 0 fully saturated rings. The Bertz CT molecular complexity index is 800. The summed E-state index contributed by atoms with van der Waals surface area (Å²) in [6.07, 6.45) is 0.896. The van der Waals surface area contributed by atoms with Crippen LogP contribution in [0.1, 0.15) is 11.3 Å². The molecule has 3 aromatic rings. The van der Waals surface area contributed by atoms with Crippen LogP contribution in [0.15, 0.2) is 54.6 Å². The van der Waals surface area contributed by atoms with Crippen molar-refractivity contribution in [3.8, 4) is 22.8 Å². The average Bonchev–Trinajstić information content (AvgIpc) is 3.14. The molecule has 0 aliphatic carbocycles. The number of nitrogens with zero attached hydrogens (tertiary/aromatic N) is 1. The summed E-state index contributed by atoms with van der Waals surface area (Å²) < 4.78 is 10.6. The van der Waals surface area contributed by atoms with Gasteiger partial charge in [-0.25, -0.2) is 0 Å². The van der Waals surface area contributed by atoms with E-state index in [9.17, 15) is 0 Å². The Morgan fingerprint density at radius 1 is 0.960 bits per heavy atom. The molecule has 2 N–H and O–H groups in total. The van der Waals surface area contributed by atoms with Crippen molar-refractivity contribution < 1.29 is 9.47 Å². The first-order valence-corrected chi connectivity index (χ1v) is 8.31. The molecule has 0 radical (unpaired) electrons. The number of nitrogens with one attached hydrogen (secondary N) is 2. The van der Waals surface area contributed by atoms with E-state index < -0.39 is 0 Å². The molecule has 0 unspecified atom stereocenters. The van der Waals surface area contributed by atoms with Gasteiger partial charge in [-0.2, -0.15) is 5.10 Å². The Morgan fingerprint density at radius 2 is 1.76 bits per heavy atom. The van der Waals surface area contributed by atoms with Crippen LogP contribution < -0.4 is 14.8 Å². The van der Waals surface area contributed by atoms with Crippen molar-refractivity contribution in [2.75, 3.05) is 20.8 Å². The molecule has 0 spiro atoms. The summed E-state index contributed by atoms with van der Waals surface area (Å²) in [7, 11) is 3.27. The number of aromatic amines is 1. The summed E-state index contributed by atoms with van der Waals surface area (Å²) in [5.41, 5.74) is 4.29. The normalized spacial score (nSPS) is 10.6. The molecule has 0 aliphatic rings. The van der Waals surface area contributed by atoms with Gasteiger partial charge < -0.3 is 14.8 Å². The number of H-pyrrole nitrogens is 1. The zero-order chi connectivity index (χ0) is 17.5. The van der Waals surface area contributed by atoms with Crippen LogP contribution in [-0.2, 0) is 13.0 Å². The Labute approximate surface area is 148 Å². The van der Waals surface area contributed by atoms with Crippen molar-refractivity contribution >= 4 is 0 Å². The first-order valence-electron chi connectivity index (χ1n) is 8.31. The van der Waals surface area contributed by atoms with Gasteiger partial charge in [-0.05, 0) is 29.8 Å². The molecule has 5 heteroatoms. The lowest BCUT2D eigenvalue weighted by Crippen LogP contribution is -2.16. The van der Waals surface area contributed by atoms with Gasteiger partial charge in [-0.3, -0.25) is 5.10 Å². The third-order valence-corrected chi connectivity index (χ3v) is 4.05. The first kappa shape index (κ1) is 17.0. The van der Waals surface area contributed by atoms with Gasteiger partial charge in [0.2, 0.25) is 0 Å². The van der Waals surface area contributed by atoms with E-state index in [0.717, 1.165) is 36.5 Å². The van der Waals surface area contributed by atoms with E-state index in [-0.39, 0.29) is 0 Å². The highest BCUT2D eigenvalue weighted by Crippen LogP contribution is 2.31. The highest BCUT2D eigenvalue weighted by molar-refractivity contribution is 5.64. The number of aromatic nitrogens is 2. The van der Waals surface area contributed by atoms with Crippen molar-refractivity contribution in [2.24, 2.45) is 0 Å². The minimum atomic E-state index is 0.703. The number of methoxy groups -OCH3 is 2. The minimum Gasteiger partial charge on any atom is -0.493 e. The van der Waals surface area contributed by atoms with Gasteiger partial charge in [0.05, 0.1) is 19.9 Å². The summed E-state index contributed by atoms with van der Waals surface area (Å²) in [5.74, 6) is 1.42. The lowest BCUT2D eigenvalue weighted by Gasteiger charge is -2.08. The third-order valence-electron chi connectivity index (χ3n) is 4.05. The standard InChI is InChI=1S/C20H23N3O2/c1-24-19-9-8-16(12-20(19)25-2)18-13-17(22-23-18)10-11-21-14-15-6-4-3-5-7-15/h3-9,12-13,21H,10-11,14H2,1-2H3,(H,22,23). The lowest BCUT2D eigenvalue weighted by atomic mass is 10.1. The predicted molar refractivity (Wildman–Crippen MR) is 99.0 cm³/mol. The quantitative estimate of drug-likeness (QED) is 0.618. The minimum absolute atomic E-state index is 0.703. The summed E-state index contributed by atoms with van der Waals surface area (Å²) in [5, 5.41) is 11.0. The number of hydrogen-bond donors (Lipinski definition) is 2. The predicted octanol–water partition coefficient (Wildman–Crippen LogP) is 3.43. The number of ether oxygens (including phenoxy) is 2. The van der Waals surface area contributed by atoms with E-state index in [1.807, 2.05) is 24.3 Å². The molecule has 0 amide bonds. The van der Waals surface area contributed by atoms with Gasteiger partial charge >= 0.3 is 0 Å². The first-order chi connectivity index (χ1) is 12.3. The summed E-state index contributed by atoms with van der Waals surface area (Å²) in [6.45, 7) is 1.76. The molecule has 2 aromatic carbocycles. The van der Waals surface area contributed by atoms with Crippen LogP contribution in [0.2, 0.25) is 0 Å². The molecule has 0 aliphatic heterocycles. The van der Waals surface area contributed by atoms with Gasteiger partial charge in [-0.15, -0.1) is 0 Å².